The van der Waals surface area contributed by atoms with Gasteiger partial charge in [-0.2, -0.15) is 0 Å². The SMILES string of the molecule is CC1=C(/C=C/C(=O)O)C(C)(C)CCC1(F)F.COC(=O)/C=C/C1=C(C)C(F)(F)CCC1(C)C. The molecule has 8 heteroatoms. The first-order valence-electron chi connectivity index (χ1n) is 10.7. The number of carboxylic acids is 1. The van der Waals surface area contributed by atoms with Crippen LogP contribution in [0.5, 0.6) is 0 Å². The highest BCUT2D eigenvalue weighted by molar-refractivity contribution is 5.82. The van der Waals surface area contributed by atoms with E-state index >= 15 is 0 Å². The van der Waals surface area contributed by atoms with Crippen LogP contribution in [0.25, 0.3) is 0 Å². The van der Waals surface area contributed by atoms with E-state index in [1.807, 2.05) is 27.7 Å². The summed E-state index contributed by atoms with van der Waals surface area (Å²) in [5.41, 5.74) is 0.272. The molecule has 2 rings (SSSR count). The molecule has 33 heavy (non-hydrogen) atoms. The van der Waals surface area contributed by atoms with Crippen molar-refractivity contribution < 1.29 is 37.0 Å². The van der Waals surface area contributed by atoms with E-state index in [-0.39, 0.29) is 29.4 Å². The Morgan fingerprint density at radius 3 is 1.48 bits per heavy atom. The molecule has 0 aromatic rings. The maximum Gasteiger partial charge on any atom is 0.330 e. The zero-order valence-electron chi connectivity index (χ0n) is 20.3. The maximum absolute atomic E-state index is 13.6. The minimum atomic E-state index is -2.81. The minimum absolute atomic E-state index is 0.0127. The number of hydrogen-bond acceptors (Lipinski definition) is 3. The van der Waals surface area contributed by atoms with Crippen molar-refractivity contribution in [2.45, 2.75) is 79.1 Å². The van der Waals surface area contributed by atoms with Gasteiger partial charge in [-0.05, 0) is 59.8 Å². The van der Waals surface area contributed by atoms with Gasteiger partial charge in [0.2, 0.25) is 0 Å². The second-order valence-corrected chi connectivity index (χ2v) is 9.78. The van der Waals surface area contributed by atoms with E-state index in [9.17, 15) is 27.2 Å². The van der Waals surface area contributed by atoms with Crippen LogP contribution in [0, 0.1) is 10.8 Å². The zero-order valence-corrected chi connectivity index (χ0v) is 20.3. The van der Waals surface area contributed by atoms with E-state index in [0.717, 1.165) is 6.08 Å². The molecule has 0 unspecified atom stereocenters. The van der Waals surface area contributed by atoms with E-state index < -0.39 is 29.2 Å². The van der Waals surface area contributed by atoms with Crippen molar-refractivity contribution in [2.75, 3.05) is 7.11 Å². The molecule has 0 fully saturated rings. The number of alkyl halides is 4. The van der Waals surface area contributed by atoms with Gasteiger partial charge in [0.15, 0.2) is 0 Å². The van der Waals surface area contributed by atoms with Gasteiger partial charge in [0.1, 0.15) is 0 Å². The van der Waals surface area contributed by atoms with Crippen LogP contribution >= 0.6 is 0 Å². The van der Waals surface area contributed by atoms with Gasteiger partial charge in [0, 0.05) is 25.0 Å². The van der Waals surface area contributed by atoms with Crippen molar-refractivity contribution in [1.29, 1.82) is 0 Å². The number of rotatable bonds is 4. The van der Waals surface area contributed by atoms with E-state index in [2.05, 4.69) is 4.74 Å². The third-order valence-corrected chi connectivity index (χ3v) is 6.47. The number of esters is 1. The average Bonchev–Trinajstić information content (AvgIpc) is 2.69. The molecule has 0 radical (unpaired) electrons. The molecule has 0 spiro atoms. The molecule has 4 nitrogen and oxygen atoms in total. The van der Waals surface area contributed by atoms with Crippen molar-refractivity contribution in [3.8, 4) is 0 Å². The summed E-state index contributed by atoms with van der Waals surface area (Å²) in [4.78, 5) is 21.4. The number of allylic oxidation sites excluding steroid dienone is 6. The number of hydrogen-bond donors (Lipinski definition) is 1. The van der Waals surface area contributed by atoms with Crippen LogP contribution in [0.1, 0.15) is 67.2 Å². The standard InChI is InChI=1S/C13H18F2O2.C12H16F2O2/c1-9-10(5-6-11(16)17-4)12(2,3)7-8-13(9,14)15;1-8-9(4-5-10(15)16)11(2,3)6-7-12(8,13)14/h5-6H,7-8H2,1-4H3;4-5H,6-7H2,1-3H3,(H,15,16)/b6-5+;5-4+. The van der Waals surface area contributed by atoms with Crippen LogP contribution in [0.2, 0.25) is 0 Å². The number of halogens is 4. The number of methoxy groups -OCH3 is 1. The van der Waals surface area contributed by atoms with Crippen LogP contribution in [0.3, 0.4) is 0 Å². The lowest BCUT2D eigenvalue weighted by Crippen LogP contribution is -2.31. The van der Waals surface area contributed by atoms with Gasteiger partial charge in [-0.1, -0.05) is 39.8 Å². The monoisotopic (exact) mass is 474 g/mol. The lowest BCUT2D eigenvalue weighted by Gasteiger charge is -2.37. The van der Waals surface area contributed by atoms with Crippen LogP contribution < -0.4 is 0 Å². The molecule has 0 saturated carbocycles. The quantitative estimate of drug-likeness (QED) is 0.274. The molecule has 0 atom stereocenters. The third-order valence-electron chi connectivity index (χ3n) is 6.47. The zero-order chi connectivity index (χ0) is 25.8. The summed E-state index contributed by atoms with van der Waals surface area (Å²) >= 11 is 0. The molecule has 0 bridgehead atoms. The first kappa shape index (κ1) is 28.7. The van der Waals surface area contributed by atoms with Crippen molar-refractivity contribution in [2.24, 2.45) is 10.8 Å². The van der Waals surface area contributed by atoms with Gasteiger partial charge in [-0.25, -0.2) is 27.2 Å². The van der Waals surface area contributed by atoms with Gasteiger partial charge in [-0.15, -0.1) is 0 Å². The molecule has 2 aliphatic rings. The topological polar surface area (TPSA) is 63.6 Å². The highest BCUT2D eigenvalue weighted by Gasteiger charge is 2.43. The number of carboxylic acid groups (broad SMARTS) is 1. The van der Waals surface area contributed by atoms with Gasteiger partial charge in [0.25, 0.3) is 11.8 Å². The highest BCUT2D eigenvalue weighted by atomic mass is 19.3. The van der Waals surface area contributed by atoms with Crippen LogP contribution in [-0.2, 0) is 14.3 Å². The summed E-state index contributed by atoms with van der Waals surface area (Å²) < 4.78 is 58.6. The predicted molar refractivity (Wildman–Crippen MR) is 119 cm³/mol. The lowest BCUT2D eigenvalue weighted by molar-refractivity contribution is -0.135. The van der Waals surface area contributed by atoms with E-state index in [1.165, 1.54) is 39.2 Å². The van der Waals surface area contributed by atoms with Gasteiger partial charge >= 0.3 is 11.9 Å². The first-order valence-corrected chi connectivity index (χ1v) is 10.7. The Kier molecular flexibility index (Phi) is 8.91. The van der Waals surface area contributed by atoms with Gasteiger partial charge < -0.3 is 9.84 Å². The average molecular weight is 475 g/mol. The second-order valence-electron chi connectivity index (χ2n) is 9.78. The fraction of sp³-hybridized carbons (Fsp3) is 0.600. The Hall–Kier alpha value is -2.38. The summed E-state index contributed by atoms with van der Waals surface area (Å²) in [7, 11) is 1.26. The molecule has 0 aliphatic heterocycles. The van der Waals surface area contributed by atoms with Crippen molar-refractivity contribution in [3.05, 3.63) is 46.6 Å². The second kappa shape index (κ2) is 10.3. The van der Waals surface area contributed by atoms with E-state index in [4.69, 9.17) is 5.11 Å². The van der Waals surface area contributed by atoms with Crippen LogP contribution in [0.4, 0.5) is 17.6 Å². The molecule has 0 heterocycles. The Morgan fingerprint density at radius 2 is 1.15 bits per heavy atom. The molecule has 1 N–H and O–H groups in total. The molecular formula is C25H34F4O4. The maximum atomic E-state index is 13.6. The fourth-order valence-electron chi connectivity index (χ4n) is 4.07. The van der Waals surface area contributed by atoms with Gasteiger partial charge in [0.05, 0.1) is 7.11 Å². The molecular weight excluding hydrogens is 440 g/mol. The van der Waals surface area contributed by atoms with Crippen LogP contribution in [0.15, 0.2) is 46.6 Å². The molecule has 186 valence electrons. The van der Waals surface area contributed by atoms with E-state index in [1.54, 1.807) is 0 Å². The largest absolute Gasteiger partial charge is 0.478 e. The van der Waals surface area contributed by atoms with Crippen molar-refractivity contribution in [3.63, 3.8) is 0 Å². The third kappa shape index (κ3) is 7.30. The lowest BCUT2D eigenvalue weighted by atomic mass is 9.71. The number of aliphatic carboxylic acids is 1. The molecule has 0 saturated heterocycles. The Labute approximate surface area is 193 Å². The predicted octanol–water partition coefficient (Wildman–Crippen LogP) is 6.89. The van der Waals surface area contributed by atoms with Gasteiger partial charge in [-0.3, -0.25) is 0 Å². The molecule has 0 aromatic heterocycles. The van der Waals surface area contributed by atoms with Crippen LogP contribution in [-0.4, -0.2) is 36.0 Å². The molecule has 0 aromatic carbocycles. The normalized spacial score (nSPS) is 23.4. The minimum Gasteiger partial charge on any atom is -0.478 e. The molecule has 0 amide bonds. The number of ether oxygens (including phenoxy) is 1. The van der Waals surface area contributed by atoms with Crippen molar-refractivity contribution >= 4 is 11.9 Å². The van der Waals surface area contributed by atoms with Crippen molar-refractivity contribution in [1.82, 2.24) is 0 Å². The summed E-state index contributed by atoms with van der Waals surface area (Å²) in [5, 5.41) is 8.53. The molecule has 2 aliphatic carbocycles. The fourth-order valence-corrected chi connectivity index (χ4v) is 4.07. The number of carbonyl (C=O) groups is 2. The highest BCUT2D eigenvalue weighted by Crippen LogP contribution is 2.48. The summed E-state index contributed by atoms with van der Waals surface area (Å²) in [6.07, 6.45) is 5.31. The Morgan fingerprint density at radius 1 is 0.788 bits per heavy atom. The smallest absolute Gasteiger partial charge is 0.330 e. The summed E-state index contributed by atoms with van der Waals surface area (Å²) in [6.45, 7) is 10.3. The first-order chi connectivity index (χ1) is 14.9. The Balaban J connectivity index is 0.000000331. The summed E-state index contributed by atoms with van der Waals surface area (Å²) in [5.74, 6) is -7.24. The number of carbonyl (C=O) groups excluding carboxylic acids is 1. The Bertz CT molecular complexity index is 890. The van der Waals surface area contributed by atoms with E-state index in [0.29, 0.717) is 24.0 Å². The summed E-state index contributed by atoms with van der Waals surface area (Å²) in [6, 6.07) is 0.